The van der Waals surface area contributed by atoms with Crippen LogP contribution < -0.4 is 28.4 Å². The maximum atomic E-state index is 6.05. The molecule has 330 valence electrons. The maximum Gasteiger partial charge on any atom is 3.00 e. The third kappa shape index (κ3) is 18.0. The number of hydrogen-bond acceptors (Lipinski definition) is 6. The summed E-state index contributed by atoms with van der Waals surface area (Å²) in [4.78, 5) is 0. The van der Waals surface area contributed by atoms with E-state index in [4.69, 9.17) is 28.4 Å². The maximum absolute atomic E-state index is 6.05. The van der Waals surface area contributed by atoms with Gasteiger partial charge in [0.25, 0.3) is 0 Å². The quantitative estimate of drug-likeness (QED) is 0.169. The van der Waals surface area contributed by atoms with Gasteiger partial charge in [0.05, 0.1) is 36.6 Å². The van der Waals surface area contributed by atoms with Crippen LogP contribution in [0.4, 0.5) is 0 Å². The van der Waals surface area contributed by atoms with E-state index in [1.165, 1.54) is 193 Å². The van der Waals surface area contributed by atoms with E-state index in [1.807, 2.05) is 54.6 Å². The molecule has 0 unspecified atom stereocenters. The summed E-state index contributed by atoms with van der Waals surface area (Å²) in [6, 6.07) is 28.0. The summed E-state index contributed by atoms with van der Waals surface area (Å²) in [6.07, 6.45) is 40.1. The Kier molecular flexibility index (Phi) is 21.9. The molecule has 9 rings (SSSR count). The average molecular weight is 959 g/mol. The van der Waals surface area contributed by atoms with Crippen molar-refractivity contribution in [1.82, 2.24) is 0 Å². The zero-order chi connectivity index (χ0) is 40.9. The summed E-state index contributed by atoms with van der Waals surface area (Å²) in [5.41, 5.74) is 0. The normalized spacial score (nSPS) is 21.2. The number of benzene rings is 3. The number of hydrogen-bond donors (Lipinski definition) is 0. The molecule has 6 fully saturated rings. The first-order valence-corrected chi connectivity index (χ1v) is 24.8. The van der Waals surface area contributed by atoms with E-state index in [9.17, 15) is 0 Å². The Labute approximate surface area is 397 Å². The van der Waals surface area contributed by atoms with E-state index in [0.717, 1.165) is 34.5 Å². The van der Waals surface area contributed by atoms with Crippen LogP contribution in [0.3, 0.4) is 0 Å². The van der Waals surface area contributed by atoms with Gasteiger partial charge in [0.15, 0.2) is 0 Å². The molecule has 0 bridgehead atoms. The van der Waals surface area contributed by atoms with Crippen LogP contribution in [0.2, 0.25) is 0 Å². The predicted molar refractivity (Wildman–Crippen MR) is 241 cm³/mol. The molecule has 6 saturated carbocycles. The molecule has 0 aromatic heterocycles. The van der Waals surface area contributed by atoms with Crippen LogP contribution >= 0.6 is 0 Å². The first-order valence-electron chi connectivity index (χ1n) is 24.8. The number of rotatable bonds is 12. The van der Waals surface area contributed by atoms with Gasteiger partial charge < -0.3 is 28.4 Å². The van der Waals surface area contributed by atoms with Crippen LogP contribution in [0.1, 0.15) is 193 Å². The Morgan fingerprint density at radius 1 is 0.246 bits per heavy atom. The van der Waals surface area contributed by atoms with E-state index in [1.54, 1.807) is 0 Å². The molecular weight excluding hydrogens is 883 g/mol. The van der Waals surface area contributed by atoms with Crippen LogP contribution in [-0.2, 0) is 0 Å². The summed E-state index contributed by atoms with van der Waals surface area (Å²) in [7, 11) is 0. The monoisotopic (exact) mass is 958 g/mol. The minimum Gasteiger partial charge on any atom is -0.516 e. The van der Waals surface area contributed by atoms with E-state index in [0.29, 0.717) is 36.6 Å². The molecule has 6 aliphatic rings. The van der Waals surface area contributed by atoms with Crippen molar-refractivity contribution in [3.8, 4) is 34.5 Å². The predicted octanol–water partition coefficient (Wildman–Crippen LogP) is 14.7. The van der Waals surface area contributed by atoms with Gasteiger partial charge in [0, 0.05) is 34.5 Å². The first kappa shape index (κ1) is 48.1. The molecular formula is C54H75LaO6. The molecule has 0 spiro atoms. The third-order valence-corrected chi connectivity index (χ3v) is 13.3. The molecule has 6 nitrogen and oxygen atoms in total. The van der Waals surface area contributed by atoms with Crippen LogP contribution in [-0.4, -0.2) is 36.6 Å². The van der Waals surface area contributed by atoms with Crippen molar-refractivity contribution in [1.29, 1.82) is 0 Å². The molecule has 6 aliphatic carbocycles. The van der Waals surface area contributed by atoms with Crippen LogP contribution in [0, 0.1) is 53.8 Å². The fourth-order valence-electron chi connectivity index (χ4n) is 9.87. The fraction of sp³-hybridized carbons (Fsp3) is 0.667. The standard InChI is InChI=1S/3C18H25O2.La/c3*1-3-8-15(9-4-1)19-17-12-7-13-18(14-17)20-16-10-5-2-6-11-16;/h3*7,12-13,15-16H,1-6,8-11H2;/q3*-1;+3. The Morgan fingerprint density at radius 2 is 0.393 bits per heavy atom. The molecule has 3 aromatic carbocycles. The molecule has 61 heavy (non-hydrogen) atoms. The second kappa shape index (κ2) is 27.8. The summed E-state index contributed by atoms with van der Waals surface area (Å²) in [6.45, 7) is 0. The van der Waals surface area contributed by atoms with Crippen LogP contribution in [0.5, 0.6) is 34.5 Å². The third-order valence-electron chi connectivity index (χ3n) is 13.3. The van der Waals surface area contributed by atoms with Gasteiger partial charge in [-0.2, -0.15) is 18.2 Å². The Balaban J connectivity index is 0.000000152. The topological polar surface area (TPSA) is 55.4 Å². The second-order valence-corrected chi connectivity index (χ2v) is 18.4. The fourth-order valence-corrected chi connectivity index (χ4v) is 9.87. The Hall–Kier alpha value is -2.35. The molecule has 0 radical (unpaired) electrons. The Morgan fingerprint density at radius 3 is 0.541 bits per heavy atom. The van der Waals surface area contributed by atoms with Crippen LogP contribution in [0.15, 0.2) is 54.6 Å². The molecule has 0 saturated heterocycles. The second-order valence-electron chi connectivity index (χ2n) is 18.4. The smallest absolute Gasteiger partial charge is 0.516 e. The van der Waals surface area contributed by atoms with Gasteiger partial charge in [0.2, 0.25) is 0 Å². The molecule has 7 heteroatoms. The van der Waals surface area contributed by atoms with Crippen molar-refractivity contribution >= 4 is 0 Å². The van der Waals surface area contributed by atoms with Gasteiger partial charge >= 0.3 is 35.6 Å². The molecule has 0 amide bonds. The van der Waals surface area contributed by atoms with Crippen molar-refractivity contribution in [2.24, 2.45) is 0 Å². The summed E-state index contributed by atoms with van der Waals surface area (Å²) >= 11 is 0. The van der Waals surface area contributed by atoms with Crippen molar-refractivity contribution in [3.63, 3.8) is 0 Å². The van der Waals surface area contributed by atoms with Gasteiger partial charge in [-0.1, -0.05) is 56.7 Å². The van der Waals surface area contributed by atoms with E-state index in [2.05, 4.69) is 18.2 Å². The van der Waals surface area contributed by atoms with Crippen molar-refractivity contribution in [2.45, 2.75) is 229 Å². The molecule has 0 aliphatic heterocycles. The molecule has 0 N–H and O–H groups in total. The zero-order valence-corrected chi connectivity index (χ0v) is 41.0. The minimum atomic E-state index is 0. The molecule has 0 atom stereocenters. The molecule has 0 heterocycles. The van der Waals surface area contributed by atoms with Crippen molar-refractivity contribution in [3.05, 3.63) is 72.8 Å². The van der Waals surface area contributed by atoms with Gasteiger partial charge in [-0.25, -0.2) is 0 Å². The van der Waals surface area contributed by atoms with E-state index >= 15 is 0 Å². The van der Waals surface area contributed by atoms with Crippen molar-refractivity contribution < 1.29 is 64.0 Å². The minimum absolute atomic E-state index is 0. The van der Waals surface area contributed by atoms with Gasteiger partial charge in [-0.05, 0) is 154 Å². The zero-order valence-electron chi connectivity index (χ0n) is 37.4. The average Bonchev–Trinajstić information content (AvgIpc) is 3.29. The van der Waals surface area contributed by atoms with E-state index < -0.39 is 0 Å². The molecule has 3 aromatic rings. The summed E-state index contributed by atoms with van der Waals surface area (Å²) in [5.74, 6) is 5.11. The summed E-state index contributed by atoms with van der Waals surface area (Å²) in [5, 5.41) is 0. The summed E-state index contributed by atoms with van der Waals surface area (Å²) < 4.78 is 36.3. The van der Waals surface area contributed by atoms with Crippen LogP contribution in [0.25, 0.3) is 0 Å². The SMILES string of the molecule is [La+3].[c-]1c(OC2CCCCC2)cccc1OC1CCCCC1.[c-]1c(OC2CCCCC2)cccc1OC1CCCCC1.[c-]1c(OC2CCCCC2)cccc1OC1CCCCC1. The van der Waals surface area contributed by atoms with Crippen molar-refractivity contribution in [2.75, 3.05) is 0 Å². The largest absolute Gasteiger partial charge is 3.00 e. The first-order chi connectivity index (χ1) is 29.7. The van der Waals surface area contributed by atoms with Gasteiger partial charge in [0.1, 0.15) is 0 Å². The van der Waals surface area contributed by atoms with E-state index in [-0.39, 0.29) is 35.6 Å². The van der Waals surface area contributed by atoms with Gasteiger partial charge in [-0.15, -0.1) is 36.4 Å². The number of ether oxygens (including phenoxy) is 6. The Bertz CT molecular complexity index is 1300. The van der Waals surface area contributed by atoms with Gasteiger partial charge in [-0.3, -0.25) is 0 Å².